The van der Waals surface area contributed by atoms with Gasteiger partial charge in [0.1, 0.15) is 17.1 Å². The molecule has 2 aliphatic rings. The fourth-order valence-electron chi connectivity index (χ4n) is 4.07. The maximum absolute atomic E-state index is 12.3. The lowest BCUT2D eigenvalue weighted by atomic mass is 9.91. The van der Waals surface area contributed by atoms with E-state index in [0.29, 0.717) is 29.9 Å². The van der Waals surface area contributed by atoms with Crippen LogP contribution in [-0.4, -0.2) is 51.6 Å². The molecular formula is C27H36N4O5. The van der Waals surface area contributed by atoms with Crippen LogP contribution >= 0.6 is 0 Å². The number of guanidine groups is 1. The van der Waals surface area contributed by atoms with Gasteiger partial charge in [0.15, 0.2) is 5.96 Å². The maximum Gasteiger partial charge on any atom is 0.248 e. The first-order valence-electron chi connectivity index (χ1n) is 12.0. The molecule has 4 rings (SSSR count). The molecule has 2 aromatic carbocycles. The summed E-state index contributed by atoms with van der Waals surface area (Å²) in [6.45, 7) is 10.0. The summed E-state index contributed by atoms with van der Waals surface area (Å²) in [7, 11) is 0. The molecule has 1 unspecified atom stereocenters. The average molecular weight is 497 g/mol. The largest absolute Gasteiger partial charge is 0.494 e. The van der Waals surface area contributed by atoms with Gasteiger partial charge in [-0.25, -0.2) is 4.99 Å². The highest BCUT2D eigenvalue weighted by Gasteiger charge is 2.35. The molecule has 0 radical (unpaired) electrons. The Labute approximate surface area is 212 Å². The van der Waals surface area contributed by atoms with Crippen LogP contribution < -0.4 is 20.9 Å². The topological polar surface area (TPSA) is 140 Å². The van der Waals surface area contributed by atoms with Crippen molar-refractivity contribution in [2.45, 2.75) is 71.2 Å². The summed E-state index contributed by atoms with van der Waals surface area (Å²) in [4.78, 5) is 29.5. The van der Waals surface area contributed by atoms with Crippen LogP contribution in [0.2, 0.25) is 0 Å². The molecule has 1 atom stereocenters. The van der Waals surface area contributed by atoms with Crippen LogP contribution in [0, 0.1) is 0 Å². The Hall–Kier alpha value is -3.59. The zero-order valence-electron chi connectivity index (χ0n) is 21.6. The van der Waals surface area contributed by atoms with Crippen molar-refractivity contribution in [1.29, 1.82) is 0 Å². The molecule has 0 saturated carbocycles. The number of nitrogens with zero attached hydrogens (tertiary/aromatic N) is 2. The van der Waals surface area contributed by atoms with E-state index < -0.39 is 23.2 Å². The van der Waals surface area contributed by atoms with E-state index in [0.717, 1.165) is 11.3 Å². The van der Waals surface area contributed by atoms with Crippen molar-refractivity contribution in [3.05, 3.63) is 59.2 Å². The number of aliphatic imine (C=N–C) groups is 1. The van der Waals surface area contributed by atoms with Crippen LogP contribution in [0.3, 0.4) is 0 Å². The number of primary amides is 1. The molecule has 2 amide bonds. The van der Waals surface area contributed by atoms with E-state index in [4.69, 9.17) is 20.9 Å². The van der Waals surface area contributed by atoms with E-state index in [-0.39, 0.29) is 24.8 Å². The maximum atomic E-state index is 12.3. The number of hydrogen-bond donors (Lipinski definition) is 3. The number of carbonyl (C=O) groups excluding carboxylic acids is 2. The van der Waals surface area contributed by atoms with Crippen molar-refractivity contribution in [2.24, 2.45) is 16.5 Å². The van der Waals surface area contributed by atoms with Crippen LogP contribution in [0.5, 0.6) is 11.5 Å². The van der Waals surface area contributed by atoms with Gasteiger partial charge in [-0.05, 0) is 64.4 Å². The van der Waals surface area contributed by atoms with Crippen LogP contribution in [0.4, 0.5) is 0 Å². The van der Waals surface area contributed by atoms with Gasteiger partial charge in [0, 0.05) is 17.5 Å². The molecule has 0 spiro atoms. The monoisotopic (exact) mass is 496 g/mol. The molecule has 2 aromatic rings. The number of rotatable bonds is 5. The van der Waals surface area contributed by atoms with E-state index in [2.05, 4.69) is 4.99 Å². The SMILES string of the molecule is CC1(C)Oc2ccccc2CC1O.CCOc1ccc(C(N)=O)cc1CN1C(=O)CC(C)(C)N=C1N. The summed E-state index contributed by atoms with van der Waals surface area (Å²) in [6, 6.07) is 12.7. The molecule has 9 heteroatoms. The Morgan fingerprint density at radius 2 is 1.92 bits per heavy atom. The molecular weight excluding hydrogens is 460 g/mol. The molecule has 0 aliphatic carbocycles. The zero-order valence-corrected chi connectivity index (χ0v) is 21.6. The summed E-state index contributed by atoms with van der Waals surface area (Å²) < 4.78 is 11.2. The van der Waals surface area contributed by atoms with Crippen molar-refractivity contribution in [2.75, 3.05) is 6.61 Å². The fraction of sp³-hybridized carbons (Fsp3) is 0.444. The second-order valence-corrected chi connectivity index (χ2v) is 10.1. The number of aliphatic hydroxyl groups is 1. The van der Waals surface area contributed by atoms with E-state index in [1.807, 2.05) is 58.9 Å². The van der Waals surface area contributed by atoms with Gasteiger partial charge in [-0.15, -0.1) is 0 Å². The van der Waals surface area contributed by atoms with Gasteiger partial charge in [-0.1, -0.05) is 18.2 Å². The van der Waals surface area contributed by atoms with Gasteiger partial charge in [0.25, 0.3) is 0 Å². The number of para-hydroxylation sites is 1. The Bertz CT molecular complexity index is 1160. The van der Waals surface area contributed by atoms with Crippen molar-refractivity contribution in [3.63, 3.8) is 0 Å². The molecule has 194 valence electrons. The fourth-order valence-corrected chi connectivity index (χ4v) is 4.07. The molecule has 0 aromatic heterocycles. The minimum atomic E-state index is -0.540. The average Bonchev–Trinajstić information content (AvgIpc) is 2.77. The number of carbonyl (C=O) groups is 2. The summed E-state index contributed by atoms with van der Waals surface area (Å²) >= 11 is 0. The lowest BCUT2D eigenvalue weighted by Crippen LogP contribution is -2.49. The third-order valence-electron chi connectivity index (χ3n) is 6.11. The smallest absolute Gasteiger partial charge is 0.248 e. The van der Waals surface area contributed by atoms with Crippen molar-refractivity contribution in [1.82, 2.24) is 4.90 Å². The number of aliphatic hydroxyl groups excluding tert-OH is 1. The third-order valence-corrected chi connectivity index (χ3v) is 6.11. The molecule has 0 fully saturated rings. The summed E-state index contributed by atoms with van der Waals surface area (Å²) in [6.07, 6.45) is 0.540. The predicted molar refractivity (Wildman–Crippen MR) is 138 cm³/mol. The Morgan fingerprint density at radius 3 is 2.56 bits per heavy atom. The minimum absolute atomic E-state index is 0.116. The summed E-state index contributed by atoms with van der Waals surface area (Å²) in [5, 5.41) is 9.76. The quantitative estimate of drug-likeness (QED) is 0.581. The lowest BCUT2D eigenvalue weighted by Gasteiger charge is -2.36. The molecule has 5 N–H and O–H groups in total. The van der Waals surface area contributed by atoms with Crippen LogP contribution in [-0.2, 0) is 17.8 Å². The number of fused-ring (bicyclic) bond motifs is 1. The first kappa shape index (κ1) is 27.0. The number of nitrogens with two attached hydrogens (primary N) is 2. The molecule has 9 nitrogen and oxygen atoms in total. The van der Waals surface area contributed by atoms with E-state index in [1.54, 1.807) is 18.2 Å². The minimum Gasteiger partial charge on any atom is -0.494 e. The van der Waals surface area contributed by atoms with Crippen molar-refractivity contribution < 1.29 is 24.2 Å². The van der Waals surface area contributed by atoms with E-state index in [9.17, 15) is 14.7 Å². The Morgan fingerprint density at radius 1 is 1.22 bits per heavy atom. The van der Waals surface area contributed by atoms with Crippen LogP contribution in [0.1, 0.15) is 62.5 Å². The molecule has 0 bridgehead atoms. The number of ether oxygens (including phenoxy) is 2. The highest BCUT2D eigenvalue weighted by atomic mass is 16.5. The summed E-state index contributed by atoms with van der Waals surface area (Å²) in [5.41, 5.74) is 12.4. The molecule has 2 heterocycles. The molecule has 0 saturated heterocycles. The number of benzene rings is 2. The van der Waals surface area contributed by atoms with Crippen molar-refractivity contribution >= 4 is 17.8 Å². The van der Waals surface area contributed by atoms with Gasteiger partial charge < -0.3 is 26.0 Å². The molecule has 2 aliphatic heterocycles. The van der Waals surface area contributed by atoms with Crippen LogP contribution in [0.25, 0.3) is 0 Å². The third kappa shape index (κ3) is 6.34. The van der Waals surface area contributed by atoms with Gasteiger partial charge >= 0.3 is 0 Å². The first-order valence-corrected chi connectivity index (χ1v) is 12.0. The first-order chi connectivity index (χ1) is 16.8. The highest BCUT2D eigenvalue weighted by molar-refractivity contribution is 5.99. The number of amides is 2. The standard InChI is InChI=1S/C16H22N4O3.C11H14O2/c1-4-23-12-6-5-10(14(17)22)7-11(12)9-20-13(21)8-16(2,3)19-15(20)18;1-11(2)10(12)7-8-5-3-4-6-9(8)13-11/h5-7H,4,8-9H2,1-3H3,(H2,17,22)(H2,18,19);3-6,10,12H,7H2,1-2H3. The van der Waals surface area contributed by atoms with Gasteiger partial charge in [0.2, 0.25) is 11.8 Å². The highest BCUT2D eigenvalue weighted by Crippen LogP contribution is 2.32. The predicted octanol–water partition coefficient (Wildman–Crippen LogP) is 2.77. The number of hydrogen-bond acceptors (Lipinski definition) is 7. The lowest BCUT2D eigenvalue weighted by molar-refractivity contribution is -0.129. The van der Waals surface area contributed by atoms with Crippen LogP contribution in [0.15, 0.2) is 47.5 Å². The normalized spacial score (nSPS) is 19.7. The second kappa shape index (κ2) is 10.6. The van der Waals surface area contributed by atoms with E-state index >= 15 is 0 Å². The molecule has 36 heavy (non-hydrogen) atoms. The van der Waals surface area contributed by atoms with Crippen molar-refractivity contribution in [3.8, 4) is 11.5 Å². The Balaban J connectivity index is 0.000000233. The second-order valence-electron chi connectivity index (χ2n) is 10.1. The van der Waals surface area contributed by atoms with Gasteiger partial charge in [0.05, 0.1) is 31.2 Å². The Kier molecular flexibility index (Phi) is 7.93. The van der Waals surface area contributed by atoms with Gasteiger partial charge in [-0.3, -0.25) is 14.5 Å². The zero-order chi connectivity index (χ0) is 26.7. The van der Waals surface area contributed by atoms with E-state index in [1.165, 1.54) is 4.90 Å². The summed E-state index contributed by atoms with van der Waals surface area (Å²) in [5.74, 6) is 0.996. The van der Waals surface area contributed by atoms with Gasteiger partial charge in [-0.2, -0.15) is 0 Å².